The van der Waals surface area contributed by atoms with Crippen LogP contribution in [0, 0.1) is 6.92 Å². The van der Waals surface area contributed by atoms with Gasteiger partial charge in [0.25, 0.3) is 5.56 Å². The first-order chi connectivity index (χ1) is 12.2. The highest BCUT2D eigenvalue weighted by Crippen LogP contribution is 2.34. The Morgan fingerprint density at radius 1 is 1.12 bits per heavy atom. The van der Waals surface area contributed by atoms with Crippen molar-refractivity contribution in [1.82, 2.24) is 4.57 Å². The molecule has 1 aliphatic rings. The average molecular weight is 340 g/mol. The lowest BCUT2D eigenvalue weighted by atomic mass is 9.83. The Morgan fingerprint density at radius 2 is 1.84 bits per heavy atom. The Bertz CT molecular complexity index is 718. The zero-order chi connectivity index (χ0) is 17.6. The first-order valence-corrected chi connectivity index (χ1v) is 9.23. The van der Waals surface area contributed by atoms with Crippen molar-refractivity contribution in [3.05, 3.63) is 70.1 Å². The van der Waals surface area contributed by atoms with Crippen LogP contribution in [0.2, 0.25) is 0 Å². The Labute approximate surface area is 149 Å². The number of rotatable bonds is 6. The van der Waals surface area contributed by atoms with Gasteiger partial charge in [0.15, 0.2) is 0 Å². The van der Waals surface area contributed by atoms with Crippen LogP contribution < -0.4 is 11.3 Å². The van der Waals surface area contributed by atoms with Gasteiger partial charge in [-0.25, -0.2) is 0 Å². The van der Waals surface area contributed by atoms with E-state index in [1.54, 1.807) is 4.57 Å². The predicted molar refractivity (Wildman–Crippen MR) is 101 cm³/mol. The van der Waals surface area contributed by atoms with Crippen molar-refractivity contribution in [2.75, 3.05) is 13.2 Å². The van der Waals surface area contributed by atoms with Crippen LogP contribution in [0.3, 0.4) is 0 Å². The van der Waals surface area contributed by atoms with Crippen molar-refractivity contribution < 1.29 is 4.74 Å². The normalized spacial score (nSPS) is 21.8. The monoisotopic (exact) mass is 340 g/mol. The van der Waals surface area contributed by atoms with E-state index in [0.29, 0.717) is 19.1 Å². The van der Waals surface area contributed by atoms with Gasteiger partial charge in [-0.15, -0.1) is 0 Å². The zero-order valence-corrected chi connectivity index (χ0v) is 14.9. The van der Waals surface area contributed by atoms with Crippen LogP contribution in [0.1, 0.15) is 48.8 Å². The van der Waals surface area contributed by atoms with Crippen molar-refractivity contribution in [2.45, 2.75) is 50.7 Å². The average Bonchev–Trinajstić information content (AvgIpc) is 2.66. The topological polar surface area (TPSA) is 57.2 Å². The number of hydrogen-bond acceptors (Lipinski definition) is 3. The minimum Gasteiger partial charge on any atom is -0.376 e. The molecule has 2 aromatic rings. The van der Waals surface area contributed by atoms with Crippen molar-refractivity contribution >= 4 is 0 Å². The molecule has 0 unspecified atom stereocenters. The molecule has 1 heterocycles. The number of aryl methyl sites for hydroxylation is 1. The van der Waals surface area contributed by atoms with Crippen LogP contribution >= 0.6 is 0 Å². The van der Waals surface area contributed by atoms with Gasteiger partial charge >= 0.3 is 0 Å². The molecule has 0 bridgehead atoms. The second kappa shape index (κ2) is 8.45. The van der Waals surface area contributed by atoms with Crippen molar-refractivity contribution in [1.29, 1.82) is 0 Å². The summed E-state index contributed by atoms with van der Waals surface area (Å²) in [6.45, 7) is 2.74. The molecule has 0 radical (unpaired) electrons. The predicted octanol–water partition coefficient (Wildman–Crippen LogP) is 3.40. The maximum Gasteiger partial charge on any atom is 0.253 e. The minimum absolute atomic E-state index is 0.0225. The zero-order valence-electron chi connectivity index (χ0n) is 14.9. The van der Waals surface area contributed by atoms with Crippen LogP contribution in [-0.4, -0.2) is 23.8 Å². The fourth-order valence-corrected chi connectivity index (χ4v) is 3.71. The van der Waals surface area contributed by atoms with Crippen molar-refractivity contribution in [3.8, 4) is 0 Å². The Hall–Kier alpha value is -1.91. The van der Waals surface area contributed by atoms with E-state index in [4.69, 9.17) is 10.5 Å². The highest BCUT2D eigenvalue weighted by atomic mass is 16.5. The first-order valence-electron chi connectivity index (χ1n) is 9.23. The van der Waals surface area contributed by atoms with E-state index in [2.05, 4.69) is 30.3 Å². The lowest BCUT2D eigenvalue weighted by Gasteiger charge is -2.30. The number of nitrogens with zero attached hydrogens (tertiary/aromatic N) is 1. The van der Waals surface area contributed by atoms with Crippen LogP contribution in [0.15, 0.2) is 53.5 Å². The number of hydrogen-bond donors (Lipinski definition) is 1. The Kier molecular flexibility index (Phi) is 6.05. The van der Waals surface area contributed by atoms with Gasteiger partial charge in [0.05, 0.1) is 18.8 Å². The van der Waals surface area contributed by atoms with Crippen molar-refractivity contribution in [2.24, 2.45) is 5.73 Å². The van der Waals surface area contributed by atoms with E-state index in [1.807, 2.05) is 25.3 Å². The molecule has 1 saturated carbocycles. The van der Waals surface area contributed by atoms with Crippen LogP contribution in [-0.2, 0) is 4.74 Å². The highest BCUT2D eigenvalue weighted by Gasteiger charge is 2.23. The number of benzene rings is 1. The molecule has 1 fully saturated rings. The minimum atomic E-state index is -0.0979. The highest BCUT2D eigenvalue weighted by molar-refractivity contribution is 5.19. The molecular weight excluding hydrogens is 312 g/mol. The largest absolute Gasteiger partial charge is 0.376 e. The summed E-state index contributed by atoms with van der Waals surface area (Å²) in [5.41, 5.74) is 8.10. The molecular formula is C21H28N2O2. The summed E-state index contributed by atoms with van der Waals surface area (Å²) in [6.07, 6.45) is 6.54. The number of aromatic nitrogens is 1. The summed E-state index contributed by atoms with van der Waals surface area (Å²) in [4.78, 5) is 12.3. The van der Waals surface area contributed by atoms with E-state index >= 15 is 0 Å². The van der Waals surface area contributed by atoms with Gasteiger partial charge in [-0.3, -0.25) is 4.79 Å². The molecule has 1 aliphatic carbocycles. The Morgan fingerprint density at radius 3 is 2.52 bits per heavy atom. The molecule has 1 aromatic carbocycles. The third-order valence-corrected chi connectivity index (χ3v) is 5.30. The molecule has 134 valence electrons. The summed E-state index contributed by atoms with van der Waals surface area (Å²) in [7, 11) is 0. The lowest BCUT2D eigenvalue weighted by molar-refractivity contribution is 0.00784. The summed E-state index contributed by atoms with van der Waals surface area (Å²) in [5, 5.41) is 0. The van der Waals surface area contributed by atoms with Gasteiger partial charge in [-0.05, 0) is 50.2 Å². The molecule has 2 N–H and O–H groups in total. The summed E-state index contributed by atoms with van der Waals surface area (Å²) < 4.78 is 7.84. The van der Waals surface area contributed by atoms with Gasteiger partial charge in [-0.1, -0.05) is 36.4 Å². The molecule has 0 saturated heterocycles. The van der Waals surface area contributed by atoms with E-state index in [9.17, 15) is 4.79 Å². The van der Waals surface area contributed by atoms with E-state index < -0.39 is 0 Å². The van der Waals surface area contributed by atoms with E-state index in [0.717, 1.165) is 31.2 Å². The fourth-order valence-electron chi connectivity index (χ4n) is 3.71. The molecule has 1 aromatic heterocycles. The molecule has 3 rings (SSSR count). The maximum atomic E-state index is 12.3. The fraction of sp³-hybridized carbons (Fsp3) is 0.476. The number of ether oxygens (including phenoxy) is 1. The van der Waals surface area contributed by atoms with Gasteiger partial charge in [0, 0.05) is 18.3 Å². The molecule has 4 nitrogen and oxygen atoms in total. The van der Waals surface area contributed by atoms with Gasteiger partial charge < -0.3 is 15.0 Å². The third-order valence-electron chi connectivity index (χ3n) is 5.30. The summed E-state index contributed by atoms with van der Waals surface area (Å²) in [6, 6.07) is 14.4. The van der Waals surface area contributed by atoms with Gasteiger partial charge in [0.2, 0.25) is 0 Å². The molecule has 25 heavy (non-hydrogen) atoms. The van der Waals surface area contributed by atoms with Crippen LogP contribution in [0.5, 0.6) is 0 Å². The second-order valence-electron chi connectivity index (χ2n) is 7.01. The van der Waals surface area contributed by atoms with Gasteiger partial charge in [0.1, 0.15) is 0 Å². The Balaban J connectivity index is 1.53. The van der Waals surface area contributed by atoms with E-state index in [1.165, 1.54) is 5.56 Å². The quantitative estimate of drug-likeness (QED) is 0.877. The standard InChI is InChI=1S/C21H28N2O2/c1-16-6-5-13-23(21(16)24)19(14-22)15-25-20-11-9-18(10-12-20)17-7-3-2-4-8-17/h2-8,13,18-20H,9-12,14-15,22H2,1H3/t18-,19-,20+/m1/s1. The molecule has 4 heteroatoms. The smallest absolute Gasteiger partial charge is 0.253 e. The van der Waals surface area contributed by atoms with E-state index in [-0.39, 0.29) is 17.7 Å². The first kappa shape index (κ1) is 17.9. The maximum absolute atomic E-state index is 12.3. The van der Waals surface area contributed by atoms with Gasteiger partial charge in [-0.2, -0.15) is 0 Å². The molecule has 0 aliphatic heterocycles. The third kappa shape index (κ3) is 4.39. The van der Waals surface area contributed by atoms with Crippen LogP contribution in [0.25, 0.3) is 0 Å². The summed E-state index contributed by atoms with van der Waals surface area (Å²) >= 11 is 0. The SMILES string of the molecule is Cc1cccn([C@H](CN)CO[C@H]2CC[C@@H](c3ccccc3)CC2)c1=O. The number of pyridine rings is 1. The second-order valence-corrected chi connectivity index (χ2v) is 7.01. The molecule has 1 atom stereocenters. The van der Waals surface area contributed by atoms with Crippen molar-refractivity contribution in [3.63, 3.8) is 0 Å². The molecule has 0 spiro atoms. The summed E-state index contributed by atoms with van der Waals surface area (Å²) in [5.74, 6) is 0.644. The molecule has 0 amide bonds. The lowest BCUT2D eigenvalue weighted by Crippen LogP contribution is -2.34. The van der Waals surface area contributed by atoms with Crippen LogP contribution in [0.4, 0.5) is 0 Å². The number of nitrogens with two attached hydrogens (primary N) is 1.